The highest BCUT2D eigenvalue weighted by atomic mass is 16.5. The van der Waals surface area contributed by atoms with E-state index in [1.165, 1.54) is 38.0 Å². The Morgan fingerprint density at radius 2 is 2.00 bits per heavy atom. The molecule has 1 fully saturated rings. The molecule has 0 aromatic rings. The van der Waals surface area contributed by atoms with Crippen molar-refractivity contribution in [3.63, 3.8) is 0 Å². The minimum atomic E-state index is 0.825. The highest BCUT2D eigenvalue weighted by Crippen LogP contribution is 2.17. The van der Waals surface area contributed by atoms with Gasteiger partial charge in [-0.3, -0.25) is 0 Å². The molecule has 0 radical (unpaired) electrons. The molecule has 0 atom stereocenters. The summed E-state index contributed by atoms with van der Waals surface area (Å²) < 4.78 is 5.28. The molecule has 62 valence electrons. The van der Waals surface area contributed by atoms with Crippen molar-refractivity contribution in [2.24, 2.45) is 0 Å². The van der Waals surface area contributed by atoms with Crippen LogP contribution in [0.25, 0.3) is 0 Å². The summed E-state index contributed by atoms with van der Waals surface area (Å²) >= 11 is 0. The predicted octanol–water partition coefficient (Wildman–Crippen LogP) is 1.39. The van der Waals surface area contributed by atoms with E-state index in [4.69, 9.17) is 4.74 Å². The maximum absolute atomic E-state index is 5.28. The van der Waals surface area contributed by atoms with Gasteiger partial charge in [-0.1, -0.05) is 0 Å². The van der Waals surface area contributed by atoms with E-state index in [9.17, 15) is 0 Å². The van der Waals surface area contributed by atoms with Crippen LogP contribution in [0.3, 0.4) is 0 Å². The quantitative estimate of drug-likeness (QED) is 0.564. The van der Waals surface area contributed by atoms with Crippen molar-refractivity contribution in [1.29, 1.82) is 0 Å². The Bertz CT molecular complexity index is 159. The van der Waals surface area contributed by atoms with Crippen LogP contribution in [0.4, 0.5) is 0 Å². The second kappa shape index (κ2) is 3.26. The van der Waals surface area contributed by atoms with Crippen LogP contribution in [0.15, 0.2) is 11.8 Å². The Kier molecular flexibility index (Phi) is 2.13. The standard InChI is InChI=1S/C9H15NO/c1-2-5-10(6-3-1)9-4-7-11-8-9/h4H,1-3,5-8H2. The molecule has 2 aliphatic rings. The molecule has 0 aromatic carbocycles. The van der Waals surface area contributed by atoms with Crippen LogP contribution in [-0.4, -0.2) is 31.2 Å². The minimum Gasteiger partial charge on any atom is -0.373 e. The number of hydrogen-bond acceptors (Lipinski definition) is 2. The lowest BCUT2D eigenvalue weighted by Crippen LogP contribution is -2.29. The van der Waals surface area contributed by atoms with Gasteiger partial charge >= 0.3 is 0 Å². The first kappa shape index (κ1) is 7.17. The number of piperidine rings is 1. The van der Waals surface area contributed by atoms with Gasteiger partial charge in [0, 0.05) is 18.8 Å². The number of nitrogens with zero attached hydrogens (tertiary/aromatic N) is 1. The molecule has 0 spiro atoms. The molecular formula is C9H15NO. The van der Waals surface area contributed by atoms with E-state index in [-0.39, 0.29) is 0 Å². The van der Waals surface area contributed by atoms with Crippen LogP contribution in [-0.2, 0) is 4.74 Å². The Balaban J connectivity index is 1.92. The molecule has 0 bridgehead atoms. The van der Waals surface area contributed by atoms with E-state index >= 15 is 0 Å². The molecule has 0 amide bonds. The maximum Gasteiger partial charge on any atom is 0.0866 e. The fourth-order valence-corrected chi connectivity index (χ4v) is 1.78. The fraction of sp³-hybridized carbons (Fsp3) is 0.778. The zero-order chi connectivity index (χ0) is 7.52. The third-order valence-corrected chi connectivity index (χ3v) is 2.45. The largest absolute Gasteiger partial charge is 0.373 e. The zero-order valence-electron chi connectivity index (χ0n) is 6.88. The normalized spacial score (nSPS) is 25.5. The first-order valence-corrected chi connectivity index (χ1v) is 4.48. The van der Waals surface area contributed by atoms with Crippen LogP contribution in [0.2, 0.25) is 0 Å². The lowest BCUT2D eigenvalue weighted by atomic mass is 10.1. The van der Waals surface area contributed by atoms with Crippen molar-refractivity contribution < 1.29 is 4.74 Å². The van der Waals surface area contributed by atoms with E-state index in [1.54, 1.807) is 0 Å². The molecule has 0 N–H and O–H groups in total. The topological polar surface area (TPSA) is 12.5 Å². The third-order valence-electron chi connectivity index (χ3n) is 2.45. The highest BCUT2D eigenvalue weighted by Gasteiger charge is 2.15. The monoisotopic (exact) mass is 153 g/mol. The first-order chi connectivity index (χ1) is 5.47. The Hall–Kier alpha value is -0.500. The molecule has 2 aliphatic heterocycles. The Morgan fingerprint density at radius 1 is 1.18 bits per heavy atom. The molecule has 2 heteroatoms. The number of rotatable bonds is 1. The average Bonchev–Trinajstić information content (AvgIpc) is 2.58. The zero-order valence-corrected chi connectivity index (χ0v) is 6.88. The van der Waals surface area contributed by atoms with E-state index in [1.807, 2.05) is 0 Å². The smallest absolute Gasteiger partial charge is 0.0866 e. The lowest BCUT2D eigenvalue weighted by molar-refractivity contribution is 0.179. The second-order valence-electron chi connectivity index (χ2n) is 3.26. The molecular weight excluding hydrogens is 138 g/mol. The van der Waals surface area contributed by atoms with Crippen molar-refractivity contribution in [3.8, 4) is 0 Å². The van der Waals surface area contributed by atoms with Crippen LogP contribution < -0.4 is 0 Å². The maximum atomic E-state index is 5.28. The summed E-state index contributed by atoms with van der Waals surface area (Å²) in [6.07, 6.45) is 6.34. The molecule has 0 saturated carbocycles. The summed E-state index contributed by atoms with van der Waals surface area (Å²) in [6.45, 7) is 4.16. The van der Waals surface area contributed by atoms with Crippen molar-refractivity contribution in [1.82, 2.24) is 4.90 Å². The van der Waals surface area contributed by atoms with E-state index in [0.717, 1.165) is 13.2 Å². The van der Waals surface area contributed by atoms with Gasteiger partial charge in [-0.05, 0) is 25.3 Å². The summed E-state index contributed by atoms with van der Waals surface area (Å²) in [4.78, 5) is 2.47. The van der Waals surface area contributed by atoms with Gasteiger partial charge in [-0.2, -0.15) is 0 Å². The Labute approximate surface area is 67.8 Å². The van der Waals surface area contributed by atoms with Crippen LogP contribution >= 0.6 is 0 Å². The second-order valence-corrected chi connectivity index (χ2v) is 3.26. The summed E-state index contributed by atoms with van der Waals surface area (Å²) in [5.74, 6) is 0. The number of ether oxygens (including phenoxy) is 1. The summed E-state index contributed by atoms with van der Waals surface area (Å²) in [5, 5.41) is 0. The molecule has 0 unspecified atom stereocenters. The van der Waals surface area contributed by atoms with E-state index < -0.39 is 0 Å². The molecule has 0 aromatic heterocycles. The first-order valence-electron chi connectivity index (χ1n) is 4.48. The molecule has 2 heterocycles. The Morgan fingerprint density at radius 3 is 2.64 bits per heavy atom. The predicted molar refractivity (Wildman–Crippen MR) is 44.3 cm³/mol. The van der Waals surface area contributed by atoms with Gasteiger partial charge in [0.25, 0.3) is 0 Å². The lowest BCUT2D eigenvalue weighted by Gasteiger charge is -2.29. The summed E-state index contributed by atoms with van der Waals surface area (Å²) in [5.41, 5.74) is 1.42. The summed E-state index contributed by atoms with van der Waals surface area (Å²) in [6, 6.07) is 0. The van der Waals surface area contributed by atoms with Crippen LogP contribution in [0.1, 0.15) is 19.3 Å². The van der Waals surface area contributed by atoms with Crippen molar-refractivity contribution in [2.45, 2.75) is 19.3 Å². The molecule has 2 nitrogen and oxygen atoms in total. The molecule has 11 heavy (non-hydrogen) atoms. The van der Waals surface area contributed by atoms with Gasteiger partial charge in [0.05, 0.1) is 13.2 Å². The van der Waals surface area contributed by atoms with Crippen molar-refractivity contribution in [2.75, 3.05) is 26.3 Å². The third kappa shape index (κ3) is 1.56. The van der Waals surface area contributed by atoms with Gasteiger partial charge in [0.1, 0.15) is 0 Å². The van der Waals surface area contributed by atoms with Crippen LogP contribution in [0, 0.1) is 0 Å². The highest BCUT2D eigenvalue weighted by molar-refractivity contribution is 5.06. The molecule has 1 saturated heterocycles. The van der Waals surface area contributed by atoms with Crippen molar-refractivity contribution in [3.05, 3.63) is 11.8 Å². The SMILES string of the molecule is C1=C(N2CCCCC2)COC1. The van der Waals surface area contributed by atoms with Gasteiger partial charge < -0.3 is 9.64 Å². The van der Waals surface area contributed by atoms with Gasteiger partial charge in [0.15, 0.2) is 0 Å². The van der Waals surface area contributed by atoms with E-state index in [0.29, 0.717) is 0 Å². The molecule has 2 rings (SSSR count). The summed E-state index contributed by atoms with van der Waals surface area (Å²) in [7, 11) is 0. The fourth-order valence-electron chi connectivity index (χ4n) is 1.78. The van der Waals surface area contributed by atoms with E-state index in [2.05, 4.69) is 11.0 Å². The van der Waals surface area contributed by atoms with Gasteiger partial charge in [-0.15, -0.1) is 0 Å². The van der Waals surface area contributed by atoms with Gasteiger partial charge in [0.2, 0.25) is 0 Å². The van der Waals surface area contributed by atoms with Gasteiger partial charge in [-0.25, -0.2) is 0 Å². The van der Waals surface area contributed by atoms with Crippen molar-refractivity contribution >= 4 is 0 Å². The molecule has 0 aliphatic carbocycles. The van der Waals surface area contributed by atoms with Crippen LogP contribution in [0.5, 0.6) is 0 Å². The number of hydrogen-bond donors (Lipinski definition) is 0. The number of likely N-dealkylation sites (tertiary alicyclic amines) is 1. The average molecular weight is 153 g/mol. The minimum absolute atomic E-state index is 0.825.